The highest BCUT2D eigenvalue weighted by atomic mass is 35.5. The fourth-order valence-corrected chi connectivity index (χ4v) is 1.81. The van der Waals surface area contributed by atoms with Gasteiger partial charge in [-0.25, -0.2) is 4.98 Å². The Morgan fingerprint density at radius 3 is 3.00 bits per heavy atom. The quantitative estimate of drug-likeness (QED) is 0.667. The summed E-state index contributed by atoms with van der Waals surface area (Å²) in [6.07, 6.45) is 4.32. The molecule has 1 saturated heterocycles. The van der Waals surface area contributed by atoms with E-state index in [1.54, 1.807) is 17.2 Å². The van der Waals surface area contributed by atoms with Crippen molar-refractivity contribution in [3.8, 4) is 0 Å². The zero-order chi connectivity index (χ0) is 9.97. The molecule has 74 valence electrons. The van der Waals surface area contributed by atoms with Crippen molar-refractivity contribution in [2.45, 2.75) is 19.3 Å². The second-order valence-corrected chi connectivity index (χ2v) is 3.73. The van der Waals surface area contributed by atoms with Crippen LogP contribution in [0.4, 0.5) is 5.69 Å². The third-order valence-electron chi connectivity index (χ3n) is 2.35. The van der Waals surface area contributed by atoms with Crippen LogP contribution in [0.15, 0.2) is 18.3 Å². The number of carbonyl (C=O) groups excluding carboxylic acids is 1. The van der Waals surface area contributed by atoms with Crippen molar-refractivity contribution < 1.29 is 4.79 Å². The maximum absolute atomic E-state index is 11.6. The normalized spacial score (nSPS) is 17.2. The number of carbonyl (C=O) groups is 1. The summed E-state index contributed by atoms with van der Waals surface area (Å²) in [6, 6.07) is 3.54. The number of hydrogen-bond acceptors (Lipinski definition) is 2. The lowest BCUT2D eigenvalue weighted by Crippen LogP contribution is -2.35. The largest absolute Gasteiger partial charge is 0.312 e. The monoisotopic (exact) mass is 210 g/mol. The van der Waals surface area contributed by atoms with Crippen LogP contribution in [0.25, 0.3) is 0 Å². The second kappa shape index (κ2) is 3.96. The van der Waals surface area contributed by atoms with Crippen LogP contribution in [0.3, 0.4) is 0 Å². The molecule has 14 heavy (non-hydrogen) atoms. The van der Waals surface area contributed by atoms with E-state index in [2.05, 4.69) is 4.98 Å². The van der Waals surface area contributed by atoms with Gasteiger partial charge in [-0.15, -0.1) is 0 Å². The van der Waals surface area contributed by atoms with Crippen LogP contribution in [0, 0.1) is 0 Å². The van der Waals surface area contributed by atoms with Crippen molar-refractivity contribution >= 4 is 23.2 Å². The molecular formula is C10H11ClN2O. The maximum atomic E-state index is 11.6. The van der Waals surface area contributed by atoms with Crippen molar-refractivity contribution in [3.05, 3.63) is 23.5 Å². The Balaban J connectivity index is 2.24. The molecule has 0 unspecified atom stereocenters. The van der Waals surface area contributed by atoms with E-state index in [0.717, 1.165) is 25.1 Å². The van der Waals surface area contributed by atoms with Crippen LogP contribution < -0.4 is 4.90 Å². The Kier molecular flexibility index (Phi) is 2.68. The van der Waals surface area contributed by atoms with Crippen molar-refractivity contribution in [2.75, 3.05) is 11.4 Å². The Hall–Kier alpha value is -1.09. The van der Waals surface area contributed by atoms with Gasteiger partial charge in [-0.1, -0.05) is 11.6 Å². The molecule has 1 aromatic rings. The Morgan fingerprint density at radius 2 is 2.29 bits per heavy atom. The number of halogens is 1. The van der Waals surface area contributed by atoms with Gasteiger partial charge in [0.2, 0.25) is 5.91 Å². The van der Waals surface area contributed by atoms with Crippen LogP contribution in [0.5, 0.6) is 0 Å². The van der Waals surface area contributed by atoms with Crippen LogP contribution in [0.1, 0.15) is 19.3 Å². The predicted octanol–water partition coefficient (Wildman–Crippen LogP) is 2.25. The first kappa shape index (κ1) is 9.46. The number of pyridine rings is 1. The van der Waals surface area contributed by atoms with Gasteiger partial charge in [-0.05, 0) is 25.0 Å². The molecule has 1 aliphatic heterocycles. The number of piperidine rings is 1. The van der Waals surface area contributed by atoms with Gasteiger partial charge >= 0.3 is 0 Å². The van der Waals surface area contributed by atoms with Gasteiger partial charge in [0.15, 0.2) is 0 Å². The smallest absolute Gasteiger partial charge is 0.226 e. The minimum atomic E-state index is 0.179. The molecule has 0 radical (unpaired) electrons. The first-order chi connectivity index (χ1) is 6.77. The van der Waals surface area contributed by atoms with Crippen LogP contribution in [0.2, 0.25) is 5.15 Å². The van der Waals surface area contributed by atoms with Gasteiger partial charge in [0, 0.05) is 24.8 Å². The van der Waals surface area contributed by atoms with E-state index in [0.29, 0.717) is 11.6 Å². The summed E-state index contributed by atoms with van der Waals surface area (Å²) >= 11 is 5.76. The molecule has 1 amide bonds. The number of aromatic nitrogens is 1. The van der Waals surface area contributed by atoms with Gasteiger partial charge in [0.25, 0.3) is 0 Å². The molecule has 0 atom stereocenters. The number of amides is 1. The highest BCUT2D eigenvalue weighted by Gasteiger charge is 2.19. The van der Waals surface area contributed by atoms with Gasteiger partial charge in [0.05, 0.1) is 0 Å². The van der Waals surface area contributed by atoms with Crippen LogP contribution >= 0.6 is 11.6 Å². The molecule has 1 aromatic heterocycles. The summed E-state index contributed by atoms with van der Waals surface area (Å²) < 4.78 is 0. The topological polar surface area (TPSA) is 33.2 Å². The van der Waals surface area contributed by atoms with E-state index in [4.69, 9.17) is 11.6 Å². The molecule has 4 heteroatoms. The fraction of sp³-hybridized carbons (Fsp3) is 0.400. The standard InChI is InChI=1S/C10H11ClN2O/c11-9-7-8(4-5-12-9)13-6-2-1-3-10(13)14/h4-5,7H,1-3,6H2. The lowest BCUT2D eigenvalue weighted by atomic mass is 10.1. The average Bonchev–Trinajstić information content (AvgIpc) is 2.18. The zero-order valence-corrected chi connectivity index (χ0v) is 8.50. The van der Waals surface area contributed by atoms with Gasteiger partial charge < -0.3 is 4.90 Å². The number of rotatable bonds is 1. The van der Waals surface area contributed by atoms with E-state index in [-0.39, 0.29) is 5.91 Å². The van der Waals surface area contributed by atoms with Crippen molar-refractivity contribution in [1.82, 2.24) is 4.98 Å². The number of anilines is 1. The molecular weight excluding hydrogens is 200 g/mol. The van der Waals surface area contributed by atoms with Gasteiger partial charge in [-0.2, -0.15) is 0 Å². The van der Waals surface area contributed by atoms with Crippen molar-refractivity contribution in [2.24, 2.45) is 0 Å². The Labute approximate surface area is 87.7 Å². The van der Waals surface area contributed by atoms with Gasteiger partial charge in [0.1, 0.15) is 5.15 Å². The van der Waals surface area contributed by atoms with Crippen molar-refractivity contribution in [1.29, 1.82) is 0 Å². The van der Waals surface area contributed by atoms with Crippen LogP contribution in [-0.2, 0) is 4.79 Å². The Bertz CT molecular complexity index is 354. The molecule has 1 aliphatic rings. The lowest BCUT2D eigenvalue weighted by Gasteiger charge is -2.26. The second-order valence-electron chi connectivity index (χ2n) is 3.34. The molecule has 0 bridgehead atoms. The maximum Gasteiger partial charge on any atom is 0.226 e. The average molecular weight is 211 g/mol. The van der Waals surface area contributed by atoms with E-state index < -0.39 is 0 Å². The summed E-state index contributed by atoms with van der Waals surface area (Å²) in [6.45, 7) is 0.791. The molecule has 3 nitrogen and oxygen atoms in total. The molecule has 0 aliphatic carbocycles. The molecule has 0 N–H and O–H groups in total. The molecule has 2 rings (SSSR count). The summed E-state index contributed by atoms with van der Waals surface area (Å²) in [5.74, 6) is 0.179. The highest BCUT2D eigenvalue weighted by molar-refractivity contribution is 6.29. The number of hydrogen-bond donors (Lipinski definition) is 0. The zero-order valence-electron chi connectivity index (χ0n) is 7.74. The van der Waals surface area contributed by atoms with Crippen LogP contribution in [-0.4, -0.2) is 17.4 Å². The Morgan fingerprint density at radius 1 is 1.43 bits per heavy atom. The summed E-state index contributed by atoms with van der Waals surface area (Å²) in [5, 5.41) is 0.431. The van der Waals surface area contributed by atoms with E-state index in [9.17, 15) is 4.79 Å². The fourth-order valence-electron chi connectivity index (χ4n) is 1.64. The van der Waals surface area contributed by atoms with E-state index in [1.165, 1.54) is 0 Å². The van der Waals surface area contributed by atoms with Gasteiger partial charge in [-0.3, -0.25) is 4.79 Å². The SMILES string of the molecule is O=C1CCCCN1c1ccnc(Cl)c1. The first-order valence-electron chi connectivity index (χ1n) is 4.69. The molecule has 0 saturated carbocycles. The van der Waals surface area contributed by atoms with E-state index >= 15 is 0 Å². The highest BCUT2D eigenvalue weighted by Crippen LogP contribution is 2.22. The minimum absolute atomic E-state index is 0.179. The predicted molar refractivity (Wildman–Crippen MR) is 55.5 cm³/mol. The third kappa shape index (κ3) is 1.87. The summed E-state index contributed by atoms with van der Waals surface area (Å²) in [4.78, 5) is 17.2. The first-order valence-corrected chi connectivity index (χ1v) is 5.07. The summed E-state index contributed by atoms with van der Waals surface area (Å²) in [7, 11) is 0. The van der Waals surface area contributed by atoms with Crippen molar-refractivity contribution in [3.63, 3.8) is 0 Å². The number of nitrogens with zero attached hydrogens (tertiary/aromatic N) is 2. The molecule has 2 heterocycles. The van der Waals surface area contributed by atoms with E-state index in [1.807, 2.05) is 6.07 Å². The molecule has 0 spiro atoms. The molecule has 1 fully saturated rings. The third-order valence-corrected chi connectivity index (χ3v) is 2.55. The lowest BCUT2D eigenvalue weighted by molar-refractivity contribution is -0.119. The summed E-state index contributed by atoms with van der Waals surface area (Å²) in [5.41, 5.74) is 0.856. The molecule has 0 aromatic carbocycles. The minimum Gasteiger partial charge on any atom is -0.312 e.